The third kappa shape index (κ3) is 1.91. The predicted molar refractivity (Wildman–Crippen MR) is 85.1 cm³/mol. The lowest BCUT2D eigenvalue weighted by Crippen LogP contribution is -2.63. The first-order valence-electron chi connectivity index (χ1n) is 8.50. The molecule has 0 radical (unpaired) electrons. The van der Waals surface area contributed by atoms with Crippen molar-refractivity contribution in [1.82, 2.24) is 0 Å². The molecule has 118 valence electrons. The van der Waals surface area contributed by atoms with Crippen molar-refractivity contribution >= 4 is 5.78 Å². The Morgan fingerprint density at radius 2 is 1.95 bits per heavy atom. The second-order valence-electron chi connectivity index (χ2n) is 8.92. The number of ketones is 1. The number of ether oxygens (including phenoxy) is 1. The summed E-state index contributed by atoms with van der Waals surface area (Å²) in [7, 11) is 0. The van der Waals surface area contributed by atoms with E-state index in [1.54, 1.807) is 0 Å². The van der Waals surface area contributed by atoms with E-state index in [0.717, 1.165) is 19.3 Å². The van der Waals surface area contributed by atoms with Crippen molar-refractivity contribution in [3.05, 3.63) is 12.7 Å². The molecule has 3 rings (SSSR count). The Kier molecular flexibility index (Phi) is 3.23. The molecule has 0 N–H and O–H groups in total. The minimum Gasteiger partial charge on any atom is -0.366 e. The van der Waals surface area contributed by atoms with Crippen LogP contribution in [0.3, 0.4) is 0 Å². The van der Waals surface area contributed by atoms with Crippen LogP contribution in [0.25, 0.3) is 0 Å². The molecule has 0 amide bonds. The number of rotatable bonds is 1. The zero-order chi connectivity index (χ0) is 15.5. The highest BCUT2D eigenvalue weighted by Gasteiger charge is 2.67. The van der Waals surface area contributed by atoms with E-state index in [0.29, 0.717) is 30.1 Å². The summed E-state index contributed by atoms with van der Waals surface area (Å²) < 4.78 is 6.35. The van der Waals surface area contributed by atoms with E-state index in [-0.39, 0.29) is 10.8 Å². The zero-order valence-corrected chi connectivity index (χ0v) is 14.1. The quantitative estimate of drug-likeness (QED) is 0.663. The highest BCUT2D eigenvalue weighted by atomic mass is 16.5. The monoisotopic (exact) mass is 290 g/mol. The molecule has 2 nitrogen and oxygen atoms in total. The van der Waals surface area contributed by atoms with Gasteiger partial charge in [0.25, 0.3) is 0 Å². The highest BCUT2D eigenvalue weighted by molar-refractivity contribution is 5.90. The average Bonchev–Trinajstić information content (AvgIpc) is 2.76. The second kappa shape index (κ2) is 4.44. The second-order valence-corrected chi connectivity index (χ2v) is 8.92. The lowest BCUT2D eigenvalue weighted by molar-refractivity contribution is -0.193. The van der Waals surface area contributed by atoms with Crippen LogP contribution in [-0.2, 0) is 9.53 Å². The SMILES string of the molecule is C=C[C@]1(C)CO[C@]2(C1)C(=O)CC[C@@H]1C(C)(C)CCC[C@]12C. The van der Waals surface area contributed by atoms with Crippen LogP contribution >= 0.6 is 0 Å². The minimum absolute atomic E-state index is 0.00907. The molecule has 1 aliphatic heterocycles. The van der Waals surface area contributed by atoms with Crippen LogP contribution in [-0.4, -0.2) is 18.0 Å². The Morgan fingerprint density at radius 1 is 1.24 bits per heavy atom. The van der Waals surface area contributed by atoms with E-state index in [1.807, 2.05) is 6.08 Å². The minimum atomic E-state index is -0.559. The van der Waals surface area contributed by atoms with Gasteiger partial charge in [0.05, 0.1) is 6.61 Å². The lowest BCUT2D eigenvalue weighted by Gasteiger charge is -2.60. The Bertz CT molecular complexity index is 480. The zero-order valence-electron chi connectivity index (χ0n) is 14.1. The van der Waals surface area contributed by atoms with Crippen molar-refractivity contribution in [2.75, 3.05) is 6.61 Å². The Morgan fingerprint density at radius 3 is 2.57 bits per heavy atom. The van der Waals surface area contributed by atoms with Crippen LogP contribution in [0.4, 0.5) is 0 Å². The Labute approximate surface area is 129 Å². The van der Waals surface area contributed by atoms with Crippen LogP contribution in [0.15, 0.2) is 12.7 Å². The van der Waals surface area contributed by atoms with E-state index in [2.05, 4.69) is 34.3 Å². The number of carbonyl (C=O) groups is 1. The number of Topliss-reactive ketones (excluding diaryl/α,β-unsaturated/α-hetero) is 1. The van der Waals surface area contributed by atoms with Crippen molar-refractivity contribution in [2.24, 2.45) is 22.2 Å². The third-order valence-electron chi connectivity index (χ3n) is 7.06. The maximum absolute atomic E-state index is 12.9. The van der Waals surface area contributed by atoms with Crippen LogP contribution in [0, 0.1) is 22.2 Å². The first kappa shape index (κ1) is 15.3. The largest absolute Gasteiger partial charge is 0.366 e. The molecule has 1 spiro atoms. The molecule has 0 bridgehead atoms. The molecule has 21 heavy (non-hydrogen) atoms. The maximum atomic E-state index is 12.9. The summed E-state index contributed by atoms with van der Waals surface area (Å²) in [5.74, 6) is 0.938. The smallest absolute Gasteiger partial charge is 0.165 e. The lowest BCUT2D eigenvalue weighted by atomic mass is 9.45. The maximum Gasteiger partial charge on any atom is 0.165 e. The molecule has 3 fully saturated rings. The van der Waals surface area contributed by atoms with E-state index in [1.165, 1.54) is 12.8 Å². The first-order chi connectivity index (χ1) is 9.69. The highest BCUT2D eigenvalue weighted by Crippen LogP contribution is 2.65. The predicted octanol–water partition coefficient (Wildman–Crippen LogP) is 4.53. The van der Waals surface area contributed by atoms with Crippen LogP contribution in [0.5, 0.6) is 0 Å². The van der Waals surface area contributed by atoms with Crippen LogP contribution < -0.4 is 0 Å². The molecule has 2 aliphatic carbocycles. The van der Waals surface area contributed by atoms with Gasteiger partial charge < -0.3 is 4.74 Å². The van der Waals surface area contributed by atoms with Gasteiger partial charge in [-0.2, -0.15) is 0 Å². The number of fused-ring (bicyclic) bond motifs is 2. The van der Waals surface area contributed by atoms with Gasteiger partial charge in [-0.15, -0.1) is 6.58 Å². The molecular formula is C19H30O2. The molecule has 0 aromatic carbocycles. The van der Waals surface area contributed by atoms with Crippen molar-refractivity contribution in [3.63, 3.8) is 0 Å². The standard InChI is InChI=1S/C19H30O2/c1-6-17(4)12-19(21-13-17)15(20)9-8-14-16(2,3)10-7-11-18(14,19)5/h6,14H,1,7-13H2,2-5H3/t14-,17+,18-,19-/m1/s1. The molecule has 2 heteroatoms. The first-order valence-corrected chi connectivity index (χ1v) is 8.50. The van der Waals surface area contributed by atoms with Gasteiger partial charge in [0, 0.05) is 17.3 Å². The van der Waals surface area contributed by atoms with Gasteiger partial charge in [0.2, 0.25) is 0 Å². The molecule has 1 heterocycles. The van der Waals surface area contributed by atoms with Gasteiger partial charge >= 0.3 is 0 Å². The summed E-state index contributed by atoms with van der Waals surface area (Å²) in [5.41, 5.74) is -0.305. The van der Waals surface area contributed by atoms with Gasteiger partial charge in [0.15, 0.2) is 5.78 Å². The van der Waals surface area contributed by atoms with Crippen LogP contribution in [0.1, 0.15) is 66.2 Å². The number of hydrogen-bond donors (Lipinski definition) is 0. The Hall–Kier alpha value is -0.630. The summed E-state index contributed by atoms with van der Waals surface area (Å²) >= 11 is 0. The van der Waals surface area contributed by atoms with Gasteiger partial charge in [0.1, 0.15) is 5.60 Å². The summed E-state index contributed by atoms with van der Waals surface area (Å²) in [4.78, 5) is 12.9. The fourth-order valence-electron chi connectivity index (χ4n) is 5.75. The molecule has 0 unspecified atom stereocenters. The van der Waals surface area contributed by atoms with Crippen LogP contribution in [0.2, 0.25) is 0 Å². The molecule has 0 aromatic heterocycles. The van der Waals surface area contributed by atoms with E-state index in [9.17, 15) is 4.79 Å². The van der Waals surface area contributed by atoms with E-state index >= 15 is 0 Å². The van der Waals surface area contributed by atoms with Gasteiger partial charge in [-0.3, -0.25) is 4.79 Å². The van der Waals surface area contributed by atoms with Crippen molar-refractivity contribution in [2.45, 2.75) is 71.8 Å². The average molecular weight is 290 g/mol. The fourth-order valence-corrected chi connectivity index (χ4v) is 5.75. The number of carbonyl (C=O) groups excluding carboxylic acids is 1. The Balaban J connectivity index is 2.06. The van der Waals surface area contributed by atoms with Crippen molar-refractivity contribution < 1.29 is 9.53 Å². The van der Waals surface area contributed by atoms with E-state index in [4.69, 9.17) is 4.74 Å². The van der Waals surface area contributed by atoms with E-state index < -0.39 is 5.60 Å². The molecule has 1 saturated heterocycles. The topological polar surface area (TPSA) is 26.3 Å². The van der Waals surface area contributed by atoms with Gasteiger partial charge in [-0.25, -0.2) is 0 Å². The van der Waals surface area contributed by atoms with Crippen molar-refractivity contribution in [3.8, 4) is 0 Å². The summed E-state index contributed by atoms with van der Waals surface area (Å²) in [6.45, 7) is 13.9. The van der Waals surface area contributed by atoms with Crippen molar-refractivity contribution in [1.29, 1.82) is 0 Å². The molecular weight excluding hydrogens is 260 g/mol. The molecule has 0 aromatic rings. The molecule has 3 aliphatic rings. The molecule has 4 atom stereocenters. The molecule has 2 saturated carbocycles. The summed E-state index contributed by atoms with van der Waals surface area (Å²) in [5, 5.41) is 0. The normalized spacial score (nSPS) is 49.1. The van der Waals surface area contributed by atoms with Gasteiger partial charge in [-0.05, 0) is 37.0 Å². The van der Waals surface area contributed by atoms with Gasteiger partial charge in [-0.1, -0.05) is 40.2 Å². The fraction of sp³-hybridized carbons (Fsp3) is 0.842. The summed E-state index contributed by atoms with van der Waals surface area (Å²) in [6.07, 6.45) is 8.16. The number of hydrogen-bond acceptors (Lipinski definition) is 2. The third-order valence-corrected chi connectivity index (χ3v) is 7.06. The summed E-state index contributed by atoms with van der Waals surface area (Å²) in [6, 6.07) is 0.